The normalized spacial score (nSPS) is 22.0. The molecule has 6 amide bonds. The number of piperidine rings is 3. The van der Waals surface area contributed by atoms with Crippen molar-refractivity contribution >= 4 is 69.6 Å². The van der Waals surface area contributed by atoms with Crippen LogP contribution in [0.1, 0.15) is 120 Å². The Balaban J connectivity index is 0.590. The second-order valence-corrected chi connectivity index (χ2v) is 21.4. The standard InChI is InChI=1S/C54H67N13O7/c1-34-43-33-56-53(59-48(43)66(38-5-3-4-6-38)52(73)47(34)35(2)68)57-45-11-8-40(32-55-45)63-29-27-61(28-30-63)37-16-21-65(22-17-37)54(74)64-19-14-36(15-20-64)13-18-60-23-25-62(26-24-60)39-7-9-41-42(31-39)51(72)67(50(41)71)44-10-12-46(69)58-49(44)70/h7-9,11,31-33,36-38,44H,3-6,10,12-30H2,1-2H3,(H,58,69,70)(H,55,56,57,59). The first-order valence-electron chi connectivity index (χ1n) is 26.9. The summed E-state index contributed by atoms with van der Waals surface area (Å²) in [5.41, 5.74) is 3.65. The molecule has 390 valence electrons. The third-order valence-corrected chi connectivity index (χ3v) is 17.1. The molecule has 7 aliphatic rings. The Morgan fingerprint density at radius 2 is 1.36 bits per heavy atom. The van der Waals surface area contributed by atoms with E-state index >= 15 is 0 Å². The number of carbonyl (C=O) groups is 6. The first-order valence-corrected chi connectivity index (χ1v) is 26.9. The number of fused-ring (bicyclic) bond motifs is 2. The molecule has 20 heteroatoms. The van der Waals surface area contributed by atoms with E-state index in [4.69, 9.17) is 9.97 Å². The zero-order chi connectivity index (χ0) is 51.2. The molecule has 0 bridgehead atoms. The SMILES string of the molecule is CC(=O)c1c(C)c2cnc(Nc3ccc(N4CCN(C5CCN(C(=O)N6CCC(CCN7CCN(c8ccc9c(c8)C(=O)N(C8CCC(=O)NC8=O)C9=O)CC7)CC6)CC5)CC4)cn3)nc2n(C2CCCC2)c1=O. The summed E-state index contributed by atoms with van der Waals surface area (Å²) in [6.07, 6.45) is 12.8. The van der Waals surface area contributed by atoms with Crippen LogP contribution in [0, 0.1) is 12.8 Å². The smallest absolute Gasteiger partial charge is 0.319 e. The summed E-state index contributed by atoms with van der Waals surface area (Å²) in [7, 11) is 0. The Bertz CT molecular complexity index is 2910. The van der Waals surface area contributed by atoms with Crippen molar-refractivity contribution in [2.24, 2.45) is 5.92 Å². The lowest BCUT2D eigenvalue weighted by Crippen LogP contribution is -2.55. The van der Waals surface area contributed by atoms with Crippen LogP contribution in [0.5, 0.6) is 0 Å². The van der Waals surface area contributed by atoms with Crippen molar-refractivity contribution < 1.29 is 28.8 Å². The molecule has 6 aliphatic heterocycles. The summed E-state index contributed by atoms with van der Waals surface area (Å²) in [5, 5.41) is 6.20. The number of aromatic nitrogens is 4. The van der Waals surface area contributed by atoms with E-state index in [1.54, 1.807) is 29.8 Å². The van der Waals surface area contributed by atoms with E-state index in [1.807, 2.05) is 18.3 Å². The van der Waals surface area contributed by atoms with E-state index in [2.05, 4.69) is 51.1 Å². The van der Waals surface area contributed by atoms with Crippen LogP contribution >= 0.6 is 0 Å². The maximum Gasteiger partial charge on any atom is 0.319 e. The number of pyridine rings is 2. The van der Waals surface area contributed by atoms with Gasteiger partial charge in [0.25, 0.3) is 17.4 Å². The number of ketones is 1. The number of rotatable bonds is 11. The number of piperazine rings is 2. The number of carbonyl (C=O) groups excluding carboxylic acids is 6. The van der Waals surface area contributed by atoms with Crippen molar-refractivity contribution in [2.45, 2.75) is 103 Å². The number of amides is 6. The predicted octanol–water partition coefficient (Wildman–Crippen LogP) is 4.59. The fourth-order valence-electron chi connectivity index (χ4n) is 12.7. The minimum absolute atomic E-state index is 0.00703. The fourth-order valence-corrected chi connectivity index (χ4v) is 12.7. The molecule has 20 nitrogen and oxygen atoms in total. The summed E-state index contributed by atoms with van der Waals surface area (Å²) in [6.45, 7) is 14.5. The molecule has 6 fully saturated rings. The van der Waals surface area contributed by atoms with Crippen LogP contribution in [0.15, 0.2) is 47.5 Å². The monoisotopic (exact) mass is 1010 g/mol. The summed E-state index contributed by atoms with van der Waals surface area (Å²) >= 11 is 0. The van der Waals surface area contributed by atoms with Crippen molar-refractivity contribution in [3.8, 4) is 0 Å². The summed E-state index contributed by atoms with van der Waals surface area (Å²) in [6, 6.07) is 9.01. The van der Waals surface area contributed by atoms with Gasteiger partial charge in [0.05, 0.1) is 28.6 Å². The molecule has 11 rings (SSSR count). The van der Waals surface area contributed by atoms with E-state index in [0.717, 1.165) is 159 Å². The van der Waals surface area contributed by atoms with Crippen molar-refractivity contribution in [3.63, 3.8) is 0 Å². The van der Waals surface area contributed by atoms with Gasteiger partial charge in [-0.2, -0.15) is 4.98 Å². The van der Waals surface area contributed by atoms with Crippen molar-refractivity contribution in [2.75, 3.05) is 100 Å². The Hall–Kier alpha value is -6.80. The van der Waals surface area contributed by atoms with Gasteiger partial charge in [0, 0.05) is 114 Å². The van der Waals surface area contributed by atoms with Gasteiger partial charge in [-0.05, 0) is 114 Å². The van der Waals surface area contributed by atoms with Gasteiger partial charge in [-0.15, -0.1) is 0 Å². The predicted molar refractivity (Wildman–Crippen MR) is 278 cm³/mol. The van der Waals surface area contributed by atoms with Crippen LogP contribution in [0.2, 0.25) is 0 Å². The molecule has 3 aromatic heterocycles. The maximum atomic E-state index is 13.7. The average molecular weight is 1010 g/mol. The lowest BCUT2D eigenvalue weighted by Gasteiger charge is -2.44. The van der Waals surface area contributed by atoms with Crippen molar-refractivity contribution in [1.82, 2.24) is 49.3 Å². The Labute approximate surface area is 430 Å². The molecular formula is C54H67N13O7. The molecule has 0 spiro atoms. The third-order valence-electron chi connectivity index (χ3n) is 17.1. The first-order chi connectivity index (χ1) is 35.9. The molecule has 9 heterocycles. The van der Waals surface area contributed by atoms with Crippen LogP contribution < -0.4 is 26.0 Å². The molecule has 4 aromatic rings. The summed E-state index contributed by atoms with van der Waals surface area (Å²) < 4.78 is 1.72. The van der Waals surface area contributed by atoms with E-state index in [1.165, 1.54) is 6.92 Å². The molecule has 1 aliphatic carbocycles. The molecule has 1 saturated carbocycles. The summed E-state index contributed by atoms with van der Waals surface area (Å²) in [4.78, 5) is 120. The Kier molecular flexibility index (Phi) is 13.9. The molecule has 0 radical (unpaired) electrons. The number of nitrogens with zero attached hydrogens (tertiary/aromatic N) is 11. The van der Waals surface area contributed by atoms with Gasteiger partial charge in [0.15, 0.2) is 5.78 Å². The van der Waals surface area contributed by atoms with Crippen LogP contribution in [0.4, 0.5) is 27.9 Å². The number of imide groups is 2. The van der Waals surface area contributed by atoms with Gasteiger partial charge in [0.2, 0.25) is 17.8 Å². The minimum Gasteiger partial charge on any atom is -0.369 e. The highest BCUT2D eigenvalue weighted by Gasteiger charge is 2.45. The molecule has 1 aromatic carbocycles. The fraction of sp³-hybridized carbons (Fsp3) is 0.556. The highest BCUT2D eigenvalue weighted by atomic mass is 16.2. The molecule has 1 atom stereocenters. The maximum absolute atomic E-state index is 13.7. The van der Waals surface area contributed by atoms with Gasteiger partial charge in [-0.1, -0.05) is 12.8 Å². The van der Waals surface area contributed by atoms with E-state index < -0.39 is 29.7 Å². The van der Waals surface area contributed by atoms with Gasteiger partial charge < -0.3 is 24.9 Å². The number of anilines is 4. The lowest BCUT2D eigenvalue weighted by atomic mass is 9.93. The molecule has 5 saturated heterocycles. The number of hydrogen-bond donors (Lipinski definition) is 2. The highest BCUT2D eigenvalue weighted by Crippen LogP contribution is 2.34. The number of Topliss-reactive ketones (excluding diaryl/α,β-unsaturated/α-hetero) is 1. The largest absolute Gasteiger partial charge is 0.369 e. The number of aryl methyl sites for hydroxylation is 1. The topological polar surface area (TPSA) is 210 Å². The Morgan fingerprint density at radius 3 is 2.04 bits per heavy atom. The van der Waals surface area contributed by atoms with Gasteiger partial charge in [0.1, 0.15) is 17.5 Å². The quantitative estimate of drug-likeness (QED) is 0.156. The number of nitrogens with one attached hydrogen (secondary N) is 2. The van der Waals surface area contributed by atoms with E-state index in [-0.39, 0.29) is 41.8 Å². The second-order valence-electron chi connectivity index (χ2n) is 21.4. The number of likely N-dealkylation sites (tertiary alicyclic amines) is 2. The lowest BCUT2D eigenvalue weighted by molar-refractivity contribution is -0.136. The minimum atomic E-state index is -0.976. The van der Waals surface area contributed by atoms with Crippen LogP contribution in [0.3, 0.4) is 0 Å². The molecule has 1 unspecified atom stereocenters. The zero-order valence-electron chi connectivity index (χ0n) is 42.6. The molecular weight excluding hydrogens is 943 g/mol. The summed E-state index contributed by atoms with van der Waals surface area (Å²) in [5.74, 6) is -0.675. The van der Waals surface area contributed by atoms with Gasteiger partial charge in [-0.25, -0.2) is 14.8 Å². The Morgan fingerprint density at radius 1 is 0.703 bits per heavy atom. The van der Waals surface area contributed by atoms with E-state index in [0.29, 0.717) is 51.4 Å². The van der Waals surface area contributed by atoms with E-state index in [9.17, 15) is 33.6 Å². The van der Waals surface area contributed by atoms with Crippen LogP contribution in [-0.2, 0) is 9.59 Å². The van der Waals surface area contributed by atoms with Gasteiger partial charge >= 0.3 is 6.03 Å². The number of benzene rings is 1. The molecule has 74 heavy (non-hydrogen) atoms. The van der Waals surface area contributed by atoms with Crippen LogP contribution in [-0.4, -0.2) is 177 Å². The van der Waals surface area contributed by atoms with Crippen LogP contribution in [0.25, 0.3) is 11.0 Å². The number of urea groups is 1. The highest BCUT2D eigenvalue weighted by molar-refractivity contribution is 6.23. The van der Waals surface area contributed by atoms with Gasteiger partial charge in [-0.3, -0.25) is 53.4 Å². The molecule has 2 N–H and O–H groups in total. The first kappa shape index (κ1) is 49.4. The second kappa shape index (κ2) is 20.8. The number of hydrogen-bond acceptors (Lipinski definition) is 15. The van der Waals surface area contributed by atoms with Crippen molar-refractivity contribution in [1.29, 1.82) is 0 Å². The van der Waals surface area contributed by atoms with Crippen molar-refractivity contribution in [3.05, 3.63) is 75.3 Å². The zero-order valence-corrected chi connectivity index (χ0v) is 42.6. The average Bonchev–Trinajstić information content (AvgIpc) is 4.04. The third kappa shape index (κ3) is 9.73.